The Balaban J connectivity index is 0.000000750. The van der Waals surface area contributed by atoms with Crippen LogP contribution in [0.25, 0.3) is 11.1 Å². The molecule has 0 bridgehead atoms. The van der Waals surface area contributed by atoms with Crippen LogP contribution >= 0.6 is 0 Å². The van der Waals surface area contributed by atoms with Gasteiger partial charge >= 0.3 is 18.9 Å². The Bertz CT molecular complexity index is 417. The summed E-state index contributed by atoms with van der Waals surface area (Å²) in [6.07, 6.45) is 2.24. The molecule has 63 valence electrons. The van der Waals surface area contributed by atoms with Crippen LogP contribution in [0.15, 0.2) is 48.5 Å². The van der Waals surface area contributed by atoms with Gasteiger partial charge in [0.1, 0.15) is 0 Å². The van der Waals surface area contributed by atoms with Crippen molar-refractivity contribution in [2.75, 3.05) is 0 Å². The fraction of sp³-hybridized carbons (Fsp3) is 0. The van der Waals surface area contributed by atoms with Crippen LogP contribution in [0.5, 0.6) is 0 Å². The Morgan fingerprint density at radius 3 is 1.50 bits per heavy atom. The molecule has 0 fully saturated rings. The molecule has 1 radical (unpaired) electrons. The summed E-state index contributed by atoms with van der Waals surface area (Å²) in [5, 5.41) is 0. The summed E-state index contributed by atoms with van der Waals surface area (Å²) < 4.78 is 0. The van der Waals surface area contributed by atoms with E-state index in [-0.39, 0.29) is 18.9 Å². The maximum atomic E-state index is 2.24. The van der Waals surface area contributed by atoms with Gasteiger partial charge in [0.05, 0.1) is 0 Å². The van der Waals surface area contributed by atoms with Crippen molar-refractivity contribution in [1.82, 2.24) is 0 Å². The molecule has 0 aromatic heterocycles. The number of benzene rings is 2. The zero-order valence-corrected chi connectivity index (χ0v) is 7.20. The first kappa shape index (κ1) is 9.59. The SMILES string of the molecule is [CH]1c2ccccc2-c2ccccc21.[LiH]. The Morgan fingerprint density at radius 1 is 0.571 bits per heavy atom. The van der Waals surface area contributed by atoms with E-state index in [1.807, 2.05) is 0 Å². The molecular formula is C13H10Li. The van der Waals surface area contributed by atoms with Crippen molar-refractivity contribution in [2.24, 2.45) is 0 Å². The molecule has 0 unspecified atom stereocenters. The van der Waals surface area contributed by atoms with E-state index in [0.717, 1.165) is 0 Å². The van der Waals surface area contributed by atoms with E-state index in [4.69, 9.17) is 0 Å². The van der Waals surface area contributed by atoms with Gasteiger partial charge in [0, 0.05) is 6.42 Å². The summed E-state index contributed by atoms with van der Waals surface area (Å²) in [6, 6.07) is 17.0. The van der Waals surface area contributed by atoms with Crippen LogP contribution in [0.2, 0.25) is 0 Å². The summed E-state index contributed by atoms with van der Waals surface area (Å²) in [7, 11) is 0. The van der Waals surface area contributed by atoms with Crippen LogP contribution in [-0.2, 0) is 0 Å². The first-order valence-electron chi connectivity index (χ1n) is 4.48. The molecule has 0 saturated heterocycles. The minimum atomic E-state index is 0. The van der Waals surface area contributed by atoms with Crippen LogP contribution in [0, 0.1) is 6.42 Å². The van der Waals surface area contributed by atoms with Crippen molar-refractivity contribution >= 4 is 18.9 Å². The van der Waals surface area contributed by atoms with Gasteiger partial charge in [-0.2, -0.15) is 0 Å². The molecule has 0 atom stereocenters. The fourth-order valence-corrected chi connectivity index (χ4v) is 1.90. The van der Waals surface area contributed by atoms with E-state index in [2.05, 4.69) is 55.0 Å². The molecule has 1 heteroatoms. The van der Waals surface area contributed by atoms with E-state index in [0.29, 0.717) is 0 Å². The Morgan fingerprint density at radius 2 is 1.00 bits per heavy atom. The summed E-state index contributed by atoms with van der Waals surface area (Å²) in [5.74, 6) is 0. The molecule has 14 heavy (non-hydrogen) atoms. The Hall–Kier alpha value is -0.963. The normalized spacial score (nSPS) is 11.4. The topological polar surface area (TPSA) is 0 Å². The average Bonchev–Trinajstić information content (AvgIpc) is 2.56. The zero-order chi connectivity index (χ0) is 8.67. The first-order valence-corrected chi connectivity index (χ1v) is 4.48. The summed E-state index contributed by atoms with van der Waals surface area (Å²) in [6.45, 7) is 0. The standard InChI is InChI=1S/C13H9.Li.H/c1-3-7-12-10(5-1)9-11-6-2-4-8-13(11)12;;/h1-9H;;. The van der Waals surface area contributed by atoms with Gasteiger partial charge in [-0.1, -0.05) is 48.5 Å². The molecule has 0 N–H and O–H groups in total. The van der Waals surface area contributed by atoms with Crippen LogP contribution in [-0.4, -0.2) is 18.9 Å². The second-order valence-electron chi connectivity index (χ2n) is 3.32. The predicted octanol–water partition coefficient (Wildman–Crippen LogP) is 2.62. The van der Waals surface area contributed by atoms with E-state index < -0.39 is 0 Å². The number of rotatable bonds is 0. The molecule has 0 nitrogen and oxygen atoms in total. The fourth-order valence-electron chi connectivity index (χ4n) is 1.90. The number of fused-ring (bicyclic) bond motifs is 3. The molecule has 0 spiro atoms. The average molecular weight is 173 g/mol. The maximum absolute atomic E-state index is 2.24. The monoisotopic (exact) mass is 173 g/mol. The van der Waals surface area contributed by atoms with Gasteiger partial charge in [0.2, 0.25) is 0 Å². The molecule has 1 aliphatic carbocycles. The van der Waals surface area contributed by atoms with Gasteiger partial charge in [0.25, 0.3) is 0 Å². The summed E-state index contributed by atoms with van der Waals surface area (Å²) >= 11 is 0. The van der Waals surface area contributed by atoms with E-state index in [1.165, 1.54) is 22.3 Å². The molecule has 2 aromatic carbocycles. The van der Waals surface area contributed by atoms with Crippen LogP contribution in [0.3, 0.4) is 0 Å². The quantitative estimate of drug-likeness (QED) is 0.458. The van der Waals surface area contributed by atoms with Gasteiger partial charge in [-0.05, 0) is 22.3 Å². The van der Waals surface area contributed by atoms with Crippen molar-refractivity contribution < 1.29 is 0 Å². The third-order valence-corrected chi connectivity index (χ3v) is 2.52. The van der Waals surface area contributed by atoms with Crippen molar-refractivity contribution in [3.63, 3.8) is 0 Å². The predicted molar refractivity (Wildman–Crippen MR) is 61.5 cm³/mol. The van der Waals surface area contributed by atoms with Gasteiger partial charge in [-0.3, -0.25) is 0 Å². The van der Waals surface area contributed by atoms with Gasteiger partial charge in [-0.25, -0.2) is 0 Å². The second-order valence-corrected chi connectivity index (χ2v) is 3.32. The third-order valence-electron chi connectivity index (χ3n) is 2.52. The molecule has 1 aliphatic rings. The van der Waals surface area contributed by atoms with Crippen molar-refractivity contribution in [3.8, 4) is 11.1 Å². The number of hydrogen-bond acceptors (Lipinski definition) is 0. The molecule has 0 amide bonds. The van der Waals surface area contributed by atoms with Gasteiger partial charge in [-0.15, -0.1) is 0 Å². The van der Waals surface area contributed by atoms with Crippen molar-refractivity contribution in [1.29, 1.82) is 0 Å². The van der Waals surface area contributed by atoms with Crippen molar-refractivity contribution in [2.45, 2.75) is 0 Å². The Kier molecular flexibility index (Phi) is 2.50. The van der Waals surface area contributed by atoms with E-state index >= 15 is 0 Å². The third kappa shape index (κ3) is 1.32. The number of hydrogen-bond donors (Lipinski definition) is 0. The van der Waals surface area contributed by atoms with Gasteiger partial charge in [0.15, 0.2) is 0 Å². The summed E-state index contributed by atoms with van der Waals surface area (Å²) in [5.41, 5.74) is 5.39. The van der Waals surface area contributed by atoms with Gasteiger partial charge < -0.3 is 0 Å². The molecule has 0 saturated carbocycles. The van der Waals surface area contributed by atoms with Crippen molar-refractivity contribution in [3.05, 3.63) is 66.1 Å². The Labute approximate surface area is 96.1 Å². The second kappa shape index (κ2) is 3.65. The molecule has 2 aromatic rings. The molecule has 0 heterocycles. The van der Waals surface area contributed by atoms with Crippen LogP contribution in [0.1, 0.15) is 11.1 Å². The zero-order valence-electron chi connectivity index (χ0n) is 7.20. The van der Waals surface area contributed by atoms with E-state index in [9.17, 15) is 0 Å². The summed E-state index contributed by atoms with van der Waals surface area (Å²) in [4.78, 5) is 0. The van der Waals surface area contributed by atoms with Crippen LogP contribution < -0.4 is 0 Å². The molecular weight excluding hydrogens is 163 g/mol. The molecule has 0 aliphatic heterocycles. The minimum absolute atomic E-state index is 0. The van der Waals surface area contributed by atoms with Crippen LogP contribution in [0.4, 0.5) is 0 Å². The molecule has 3 rings (SSSR count). The van der Waals surface area contributed by atoms with E-state index in [1.54, 1.807) is 0 Å². The first-order chi connectivity index (χ1) is 6.45.